The Morgan fingerprint density at radius 1 is 1.20 bits per heavy atom. The van der Waals surface area contributed by atoms with Crippen LogP contribution in [-0.4, -0.2) is 63.0 Å². The van der Waals surface area contributed by atoms with Crippen molar-refractivity contribution >= 4 is 5.91 Å². The molecule has 0 bridgehead atoms. The Hall–Kier alpha value is -2.41. The highest BCUT2D eigenvalue weighted by Gasteiger charge is 2.22. The van der Waals surface area contributed by atoms with Gasteiger partial charge in [-0.25, -0.2) is 9.97 Å². The maximum atomic E-state index is 12.6. The lowest BCUT2D eigenvalue weighted by Crippen LogP contribution is -2.35. The molecule has 0 unspecified atom stereocenters. The van der Waals surface area contributed by atoms with E-state index in [0.717, 1.165) is 44.7 Å². The van der Waals surface area contributed by atoms with Gasteiger partial charge in [0.25, 0.3) is 5.91 Å². The minimum atomic E-state index is 0.0598. The number of rotatable bonds is 5. The van der Waals surface area contributed by atoms with Crippen LogP contribution in [0.2, 0.25) is 0 Å². The Labute approximate surface area is 148 Å². The number of amides is 1. The van der Waals surface area contributed by atoms with Gasteiger partial charge in [-0.15, -0.1) is 0 Å². The fourth-order valence-electron chi connectivity index (χ4n) is 3.05. The molecule has 0 radical (unpaired) electrons. The van der Waals surface area contributed by atoms with Crippen LogP contribution in [-0.2, 0) is 13.6 Å². The average Bonchev–Trinajstić information content (AvgIpc) is 2.90. The van der Waals surface area contributed by atoms with Crippen molar-refractivity contribution in [1.29, 1.82) is 0 Å². The van der Waals surface area contributed by atoms with Gasteiger partial charge >= 0.3 is 0 Å². The van der Waals surface area contributed by atoms with E-state index in [1.54, 1.807) is 17.1 Å². The largest absolute Gasteiger partial charge is 0.478 e. The SMILES string of the molecule is CCOc1ccc(CN2CCCN(C(=O)c3cncn3C)CC2)cn1. The number of pyridine rings is 1. The van der Waals surface area contributed by atoms with E-state index in [-0.39, 0.29) is 5.91 Å². The Morgan fingerprint density at radius 3 is 2.76 bits per heavy atom. The van der Waals surface area contributed by atoms with Gasteiger partial charge in [0.2, 0.25) is 5.88 Å². The Kier molecular flexibility index (Phi) is 5.65. The summed E-state index contributed by atoms with van der Waals surface area (Å²) in [4.78, 5) is 25.3. The first-order chi connectivity index (χ1) is 12.2. The number of imidazole rings is 1. The summed E-state index contributed by atoms with van der Waals surface area (Å²) in [6.07, 6.45) is 6.13. The predicted molar refractivity (Wildman–Crippen MR) is 94.4 cm³/mol. The van der Waals surface area contributed by atoms with Crippen LogP contribution in [0.1, 0.15) is 29.4 Å². The van der Waals surface area contributed by atoms with Gasteiger partial charge in [0.05, 0.1) is 19.1 Å². The van der Waals surface area contributed by atoms with E-state index in [4.69, 9.17) is 4.74 Å². The third-order valence-electron chi connectivity index (χ3n) is 4.41. The highest BCUT2D eigenvalue weighted by atomic mass is 16.5. The van der Waals surface area contributed by atoms with E-state index in [1.165, 1.54) is 0 Å². The van der Waals surface area contributed by atoms with Gasteiger partial charge in [0, 0.05) is 52.0 Å². The smallest absolute Gasteiger partial charge is 0.272 e. The van der Waals surface area contributed by atoms with Crippen molar-refractivity contribution in [2.24, 2.45) is 7.05 Å². The molecule has 1 amide bonds. The van der Waals surface area contributed by atoms with Gasteiger partial charge in [-0.3, -0.25) is 9.69 Å². The van der Waals surface area contributed by atoms with Crippen LogP contribution < -0.4 is 4.74 Å². The molecule has 1 aliphatic rings. The summed E-state index contributed by atoms with van der Waals surface area (Å²) in [5, 5.41) is 0. The molecule has 7 nitrogen and oxygen atoms in total. The van der Waals surface area contributed by atoms with E-state index in [0.29, 0.717) is 18.2 Å². The van der Waals surface area contributed by atoms with Crippen molar-refractivity contribution < 1.29 is 9.53 Å². The van der Waals surface area contributed by atoms with Crippen molar-refractivity contribution in [3.8, 4) is 5.88 Å². The summed E-state index contributed by atoms with van der Waals surface area (Å²) in [5.74, 6) is 0.722. The number of hydrogen-bond acceptors (Lipinski definition) is 5. The van der Waals surface area contributed by atoms with Crippen molar-refractivity contribution in [2.45, 2.75) is 19.9 Å². The zero-order valence-electron chi connectivity index (χ0n) is 14.9. The maximum absolute atomic E-state index is 12.6. The van der Waals surface area contributed by atoms with Gasteiger partial charge in [-0.05, 0) is 18.9 Å². The van der Waals surface area contributed by atoms with E-state index >= 15 is 0 Å². The molecule has 0 saturated carbocycles. The first-order valence-electron chi connectivity index (χ1n) is 8.73. The molecule has 0 atom stereocenters. The molecule has 1 fully saturated rings. The third kappa shape index (κ3) is 4.36. The predicted octanol–water partition coefficient (Wildman–Crippen LogP) is 1.56. The minimum absolute atomic E-state index is 0.0598. The van der Waals surface area contributed by atoms with Crippen molar-refractivity contribution in [1.82, 2.24) is 24.3 Å². The van der Waals surface area contributed by atoms with Crippen molar-refractivity contribution in [3.05, 3.63) is 42.1 Å². The highest BCUT2D eigenvalue weighted by Crippen LogP contribution is 2.13. The number of aryl methyl sites for hydroxylation is 1. The average molecular weight is 343 g/mol. The number of nitrogens with zero attached hydrogens (tertiary/aromatic N) is 5. The second-order valence-electron chi connectivity index (χ2n) is 6.25. The van der Waals surface area contributed by atoms with Crippen molar-refractivity contribution in [2.75, 3.05) is 32.8 Å². The van der Waals surface area contributed by atoms with Crippen LogP contribution in [0.25, 0.3) is 0 Å². The van der Waals surface area contributed by atoms with Crippen LogP contribution in [0.15, 0.2) is 30.9 Å². The zero-order valence-corrected chi connectivity index (χ0v) is 14.9. The molecule has 134 valence electrons. The second-order valence-corrected chi connectivity index (χ2v) is 6.25. The molecule has 25 heavy (non-hydrogen) atoms. The summed E-state index contributed by atoms with van der Waals surface area (Å²) >= 11 is 0. The monoisotopic (exact) mass is 343 g/mol. The fraction of sp³-hybridized carbons (Fsp3) is 0.500. The molecule has 2 aromatic rings. The summed E-state index contributed by atoms with van der Waals surface area (Å²) in [6, 6.07) is 3.97. The molecule has 1 aliphatic heterocycles. The summed E-state index contributed by atoms with van der Waals surface area (Å²) in [7, 11) is 1.85. The van der Waals surface area contributed by atoms with Gasteiger partial charge in [0.1, 0.15) is 5.69 Å². The van der Waals surface area contributed by atoms with Gasteiger partial charge < -0.3 is 14.2 Å². The Bertz CT molecular complexity index is 698. The molecule has 3 heterocycles. The van der Waals surface area contributed by atoms with Crippen LogP contribution in [0.3, 0.4) is 0 Å². The van der Waals surface area contributed by atoms with Crippen LogP contribution in [0, 0.1) is 0 Å². The number of carbonyl (C=O) groups is 1. The van der Waals surface area contributed by atoms with Crippen LogP contribution >= 0.6 is 0 Å². The van der Waals surface area contributed by atoms with E-state index in [2.05, 4.69) is 20.9 Å². The second kappa shape index (κ2) is 8.11. The van der Waals surface area contributed by atoms with Gasteiger partial charge in [-0.2, -0.15) is 0 Å². The number of hydrogen-bond donors (Lipinski definition) is 0. The zero-order chi connectivity index (χ0) is 17.6. The lowest BCUT2D eigenvalue weighted by Gasteiger charge is -2.22. The summed E-state index contributed by atoms with van der Waals surface area (Å²) in [5.41, 5.74) is 1.80. The van der Waals surface area contributed by atoms with E-state index in [9.17, 15) is 4.79 Å². The van der Waals surface area contributed by atoms with Crippen LogP contribution in [0.5, 0.6) is 5.88 Å². The lowest BCUT2D eigenvalue weighted by molar-refractivity contribution is 0.0751. The Morgan fingerprint density at radius 2 is 2.08 bits per heavy atom. The Balaban J connectivity index is 1.56. The third-order valence-corrected chi connectivity index (χ3v) is 4.41. The summed E-state index contributed by atoms with van der Waals surface area (Å²) in [6.45, 7) is 6.76. The lowest BCUT2D eigenvalue weighted by atomic mass is 10.2. The molecule has 0 spiro atoms. The van der Waals surface area contributed by atoms with Crippen molar-refractivity contribution in [3.63, 3.8) is 0 Å². The minimum Gasteiger partial charge on any atom is -0.478 e. The number of aromatic nitrogens is 3. The molecule has 2 aromatic heterocycles. The molecule has 1 saturated heterocycles. The summed E-state index contributed by atoms with van der Waals surface area (Å²) < 4.78 is 7.15. The number of ether oxygens (including phenoxy) is 1. The standard InChI is InChI=1S/C18H25N5O2/c1-3-25-17-6-5-15(11-20-17)13-22-7-4-8-23(10-9-22)18(24)16-12-19-14-21(16)2/h5-6,11-12,14H,3-4,7-10,13H2,1-2H3. The van der Waals surface area contributed by atoms with Crippen LogP contribution in [0.4, 0.5) is 0 Å². The highest BCUT2D eigenvalue weighted by molar-refractivity contribution is 5.92. The number of carbonyl (C=O) groups excluding carboxylic acids is 1. The van der Waals surface area contributed by atoms with E-state index < -0.39 is 0 Å². The van der Waals surface area contributed by atoms with E-state index in [1.807, 2.05) is 31.1 Å². The first-order valence-corrected chi connectivity index (χ1v) is 8.73. The molecular weight excluding hydrogens is 318 g/mol. The molecule has 3 rings (SSSR count). The fourth-order valence-corrected chi connectivity index (χ4v) is 3.05. The topological polar surface area (TPSA) is 63.5 Å². The molecule has 0 aliphatic carbocycles. The molecular formula is C18H25N5O2. The van der Waals surface area contributed by atoms with Gasteiger partial charge in [0.15, 0.2) is 0 Å². The normalized spacial score (nSPS) is 15.8. The molecule has 0 aromatic carbocycles. The van der Waals surface area contributed by atoms with Gasteiger partial charge in [-0.1, -0.05) is 6.07 Å². The molecule has 0 N–H and O–H groups in total. The quantitative estimate of drug-likeness (QED) is 0.824. The maximum Gasteiger partial charge on any atom is 0.272 e. The first kappa shape index (κ1) is 17.4. The molecule has 7 heteroatoms.